The lowest BCUT2D eigenvalue weighted by Crippen LogP contribution is -2.13. The molecule has 6 heteroatoms. The Balaban J connectivity index is 1.94. The molecule has 0 radical (unpaired) electrons. The first-order chi connectivity index (χ1) is 13.6. The van der Waals surface area contributed by atoms with Gasteiger partial charge in [-0.15, -0.1) is 0 Å². The summed E-state index contributed by atoms with van der Waals surface area (Å²) in [6.07, 6.45) is 0.930. The molecule has 0 aliphatic heterocycles. The Labute approximate surface area is 163 Å². The average molecular weight is 374 g/mol. The normalized spacial score (nSPS) is 12.4. The smallest absolute Gasteiger partial charge is 0.344 e. The number of hydrogen-bond acceptors (Lipinski definition) is 5. The number of nitrogens with two attached hydrogens (primary N) is 1. The van der Waals surface area contributed by atoms with Gasteiger partial charge in [-0.1, -0.05) is 50.6 Å². The van der Waals surface area contributed by atoms with E-state index in [1.165, 1.54) is 0 Å². The molecular formula is C22H22N4O2. The van der Waals surface area contributed by atoms with E-state index in [4.69, 9.17) is 15.5 Å². The molecule has 0 aliphatic rings. The van der Waals surface area contributed by atoms with E-state index in [-0.39, 0.29) is 17.3 Å². The number of fused-ring (bicyclic) bond motifs is 2. The van der Waals surface area contributed by atoms with Gasteiger partial charge in [-0.05, 0) is 30.2 Å². The van der Waals surface area contributed by atoms with Gasteiger partial charge in [0.15, 0.2) is 5.65 Å². The molecule has 0 saturated carbocycles. The number of nitrogens with zero attached hydrogens (tertiary/aromatic N) is 3. The van der Waals surface area contributed by atoms with Gasteiger partial charge in [-0.2, -0.15) is 0 Å². The van der Waals surface area contributed by atoms with Crippen LogP contribution in [0.25, 0.3) is 27.9 Å². The SMILES string of the molecule is CCC(C)COC(=O)c1c(N)n(-c2ccccc2)c2nc3ccccc3nc12. The summed E-state index contributed by atoms with van der Waals surface area (Å²) in [5.41, 5.74) is 9.95. The molecule has 6 nitrogen and oxygen atoms in total. The zero-order valence-electron chi connectivity index (χ0n) is 15.9. The summed E-state index contributed by atoms with van der Waals surface area (Å²) in [4.78, 5) is 22.3. The first-order valence-corrected chi connectivity index (χ1v) is 9.39. The van der Waals surface area contributed by atoms with Crippen LogP contribution < -0.4 is 5.73 Å². The molecule has 0 saturated heterocycles. The molecule has 0 aliphatic carbocycles. The lowest BCUT2D eigenvalue weighted by molar-refractivity contribution is 0.0450. The molecule has 2 aromatic carbocycles. The highest BCUT2D eigenvalue weighted by Gasteiger charge is 2.26. The number of carbonyl (C=O) groups excluding carboxylic acids is 1. The van der Waals surface area contributed by atoms with E-state index in [9.17, 15) is 4.79 Å². The Hall–Kier alpha value is -3.41. The van der Waals surface area contributed by atoms with Crippen molar-refractivity contribution >= 4 is 34.0 Å². The van der Waals surface area contributed by atoms with Crippen molar-refractivity contribution in [2.45, 2.75) is 20.3 Å². The molecular weight excluding hydrogens is 352 g/mol. The molecule has 28 heavy (non-hydrogen) atoms. The van der Waals surface area contributed by atoms with Crippen molar-refractivity contribution in [1.82, 2.24) is 14.5 Å². The Bertz CT molecular complexity index is 1150. The molecule has 2 N–H and O–H groups in total. The van der Waals surface area contributed by atoms with Crippen LogP contribution in [0.3, 0.4) is 0 Å². The van der Waals surface area contributed by atoms with Gasteiger partial charge < -0.3 is 10.5 Å². The van der Waals surface area contributed by atoms with E-state index >= 15 is 0 Å². The molecule has 0 bridgehead atoms. The van der Waals surface area contributed by atoms with Crippen LogP contribution in [-0.2, 0) is 4.74 Å². The third-order valence-electron chi connectivity index (χ3n) is 4.91. The predicted octanol–water partition coefficient (Wildman–Crippen LogP) is 4.36. The van der Waals surface area contributed by atoms with Crippen molar-refractivity contribution in [1.29, 1.82) is 0 Å². The van der Waals surface area contributed by atoms with E-state index < -0.39 is 5.97 Å². The lowest BCUT2D eigenvalue weighted by atomic mass is 10.1. The number of carbonyl (C=O) groups is 1. The third kappa shape index (κ3) is 3.07. The zero-order valence-corrected chi connectivity index (χ0v) is 15.9. The Kier molecular flexibility index (Phi) is 4.69. The van der Waals surface area contributed by atoms with Crippen LogP contribution in [0, 0.1) is 5.92 Å². The Morgan fingerprint density at radius 1 is 1.07 bits per heavy atom. The fourth-order valence-corrected chi connectivity index (χ4v) is 3.11. The van der Waals surface area contributed by atoms with Gasteiger partial charge in [0, 0.05) is 5.69 Å². The molecule has 2 heterocycles. The topological polar surface area (TPSA) is 83.0 Å². The van der Waals surface area contributed by atoms with Crippen molar-refractivity contribution in [3.63, 3.8) is 0 Å². The first kappa shape index (κ1) is 18.0. The van der Waals surface area contributed by atoms with E-state index in [1.807, 2.05) is 61.5 Å². The van der Waals surface area contributed by atoms with Crippen LogP contribution in [0.5, 0.6) is 0 Å². The number of rotatable bonds is 5. The minimum absolute atomic E-state index is 0.264. The maximum absolute atomic E-state index is 12.9. The first-order valence-electron chi connectivity index (χ1n) is 9.39. The van der Waals surface area contributed by atoms with Gasteiger partial charge in [0.2, 0.25) is 0 Å². The van der Waals surface area contributed by atoms with Gasteiger partial charge >= 0.3 is 5.97 Å². The van der Waals surface area contributed by atoms with Gasteiger partial charge in [-0.25, -0.2) is 14.8 Å². The van der Waals surface area contributed by atoms with Gasteiger partial charge in [0.1, 0.15) is 16.9 Å². The van der Waals surface area contributed by atoms with Crippen molar-refractivity contribution in [2.24, 2.45) is 5.92 Å². The third-order valence-corrected chi connectivity index (χ3v) is 4.91. The standard InChI is InChI=1S/C22H22N4O2/c1-3-14(2)13-28-22(27)18-19-21(25-17-12-8-7-11-16(17)24-19)26(20(18)23)15-9-5-4-6-10-15/h4-12,14H,3,13,23H2,1-2H3. The summed E-state index contributed by atoms with van der Waals surface area (Å²) in [5.74, 6) is 0.0901. The molecule has 0 spiro atoms. The molecule has 4 rings (SSSR count). The highest BCUT2D eigenvalue weighted by Crippen LogP contribution is 2.31. The summed E-state index contributed by atoms with van der Waals surface area (Å²) in [6.45, 7) is 4.44. The highest BCUT2D eigenvalue weighted by atomic mass is 16.5. The molecule has 2 aromatic heterocycles. The fourth-order valence-electron chi connectivity index (χ4n) is 3.11. The van der Waals surface area contributed by atoms with E-state index in [0.29, 0.717) is 23.3 Å². The van der Waals surface area contributed by atoms with Gasteiger partial charge in [-0.3, -0.25) is 4.57 Å². The Morgan fingerprint density at radius 3 is 2.39 bits per heavy atom. The lowest BCUT2D eigenvalue weighted by Gasteiger charge is -2.10. The molecule has 0 fully saturated rings. The molecule has 0 amide bonds. The minimum Gasteiger partial charge on any atom is -0.462 e. The molecule has 142 valence electrons. The van der Waals surface area contributed by atoms with E-state index in [1.54, 1.807) is 4.57 Å². The highest BCUT2D eigenvalue weighted by molar-refractivity contribution is 6.09. The number of esters is 1. The summed E-state index contributed by atoms with van der Waals surface area (Å²) in [5, 5.41) is 0. The van der Waals surface area contributed by atoms with Crippen molar-refractivity contribution in [2.75, 3.05) is 12.3 Å². The number of nitrogen functional groups attached to an aromatic ring is 1. The maximum atomic E-state index is 12.9. The van der Waals surface area contributed by atoms with Crippen molar-refractivity contribution in [3.05, 3.63) is 60.2 Å². The van der Waals surface area contributed by atoms with Crippen LogP contribution in [0.1, 0.15) is 30.6 Å². The van der Waals surface area contributed by atoms with Crippen LogP contribution in [-0.4, -0.2) is 27.1 Å². The minimum atomic E-state index is -0.470. The quantitative estimate of drug-likeness (QED) is 0.525. The monoisotopic (exact) mass is 374 g/mol. The summed E-state index contributed by atoms with van der Waals surface area (Å²) in [6, 6.07) is 17.1. The summed E-state index contributed by atoms with van der Waals surface area (Å²) >= 11 is 0. The van der Waals surface area contributed by atoms with Crippen LogP contribution in [0.15, 0.2) is 54.6 Å². The maximum Gasteiger partial charge on any atom is 0.344 e. The summed E-state index contributed by atoms with van der Waals surface area (Å²) < 4.78 is 7.29. The zero-order chi connectivity index (χ0) is 19.7. The van der Waals surface area contributed by atoms with E-state index in [0.717, 1.165) is 17.6 Å². The molecule has 4 aromatic rings. The van der Waals surface area contributed by atoms with Crippen molar-refractivity contribution in [3.8, 4) is 5.69 Å². The molecule has 1 atom stereocenters. The second-order valence-electron chi connectivity index (χ2n) is 6.93. The van der Waals surface area contributed by atoms with Crippen LogP contribution in [0.2, 0.25) is 0 Å². The van der Waals surface area contributed by atoms with Crippen molar-refractivity contribution < 1.29 is 9.53 Å². The number of benzene rings is 2. The average Bonchev–Trinajstić information content (AvgIpc) is 3.01. The fraction of sp³-hybridized carbons (Fsp3) is 0.227. The Morgan fingerprint density at radius 2 is 1.71 bits per heavy atom. The van der Waals surface area contributed by atoms with Gasteiger partial charge in [0.25, 0.3) is 0 Å². The second-order valence-corrected chi connectivity index (χ2v) is 6.93. The van der Waals surface area contributed by atoms with E-state index in [2.05, 4.69) is 11.9 Å². The number of ether oxygens (including phenoxy) is 1. The van der Waals surface area contributed by atoms with Gasteiger partial charge in [0.05, 0.1) is 17.6 Å². The predicted molar refractivity (Wildman–Crippen MR) is 111 cm³/mol. The number of para-hydroxylation sites is 3. The number of hydrogen-bond donors (Lipinski definition) is 1. The van der Waals surface area contributed by atoms with Crippen LogP contribution >= 0.6 is 0 Å². The second kappa shape index (κ2) is 7.31. The number of anilines is 1. The molecule has 1 unspecified atom stereocenters. The largest absolute Gasteiger partial charge is 0.462 e. The van der Waals surface area contributed by atoms with Crippen LogP contribution in [0.4, 0.5) is 5.82 Å². The summed E-state index contributed by atoms with van der Waals surface area (Å²) in [7, 11) is 0. The number of aromatic nitrogens is 3.